The highest BCUT2D eigenvalue weighted by molar-refractivity contribution is 7.99. The van der Waals surface area contributed by atoms with Crippen LogP contribution in [0.15, 0.2) is 23.2 Å². The Morgan fingerprint density at radius 1 is 1.60 bits per heavy atom. The van der Waals surface area contributed by atoms with Crippen molar-refractivity contribution in [2.45, 2.75) is 18.7 Å². The summed E-state index contributed by atoms with van der Waals surface area (Å²) in [6.07, 6.45) is 1.65. The third-order valence-corrected chi connectivity index (χ3v) is 3.38. The molecule has 0 radical (unpaired) electrons. The molecule has 82 valence electrons. The number of rotatable bonds is 4. The number of thioether (sulfide) groups is 1. The summed E-state index contributed by atoms with van der Waals surface area (Å²) < 4.78 is 0. The summed E-state index contributed by atoms with van der Waals surface area (Å²) in [7, 11) is 0. The minimum atomic E-state index is -0.793. The summed E-state index contributed by atoms with van der Waals surface area (Å²) in [5.74, 6) is 0.184. The molecule has 0 spiro atoms. The van der Waals surface area contributed by atoms with Crippen LogP contribution < -0.4 is 5.73 Å². The maximum Gasteiger partial charge on any atom is 0.309 e. The first-order valence-electron chi connectivity index (χ1n) is 4.49. The number of hydrogen-bond acceptors (Lipinski definition) is 4. The lowest BCUT2D eigenvalue weighted by Gasteiger charge is -2.17. The smallest absolute Gasteiger partial charge is 0.309 e. The van der Waals surface area contributed by atoms with E-state index in [9.17, 15) is 4.79 Å². The average Bonchev–Trinajstić information content (AvgIpc) is 2.17. The number of nitrogen functional groups attached to an aromatic ring is 1. The fraction of sp³-hybridized carbons (Fsp3) is 0.400. The first kappa shape index (κ1) is 11.8. The third kappa shape index (κ3) is 3.43. The number of carbonyl (C=O) groups is 1. The van der Waals surface area contributed by atoms with E-state index in [2.05, 4.69) is 4.98 Å². The fourth-order valence-corrected chi connectivity index (χ4v) is 1.75. The van der Waals surface area contributed by atoms with E-state index in [1.807, 2.05) is 6.07 Å². The minimum absolute atomic E-state index is 0.469. The lowest BCUT2D eigenvalue weighted by atomic mass is 9.97. The second-order valence-electron chi connectivity index (χ2n) is 3.90. The molecule has 4 nitrogen and oxygen atoms in total. The number of aliphatic carboxylic acids is 1. The molecule has 0 aliphatic rings. The Kier molecular flexibility index (Phi) is 3.57. The molecule has 0 saturated heterocycles. The van der Waals surface area contributed by atoms with E-state index in [1.54, 1.807) is 26.1 Å². The molecule has 0 aliphatic carbocycles. The molecule has 0 aromatic carbocycles. The van der Waals surface area contributed by atoms with E-state index in [0.717, 1.165) is 4.90 Å². The van der Waals surface area contributed by atoms with Crippen molar-refractivity contribution in [1.82, 2.24) is 4.98 Å². The summed E-state index contributed by atoms with van der Waals surface area (Å²) in [5.41, 5.74) is 4.71. The van der Waals surface area contributed by atoms with Crippen LogP contribution in [0.25, 0.3) is 0 Å². The van der Waals surface area contributed by atoms with Gasteiger partial charge in [-0.15, -0.1) is 11.8 Å². The van der Waals surface area contributed by atoms with Crippen molar-refractivity contribution in [1.29, 1.82) is 0 Å². The van der Waals surface area contributed by atoms with Gasteiger partial charge in [-0.3, -0.25) is 4.79 Å². The van der Waals surface area contributed by atoms with Crippen molar-refractivity contribution in [3.05, 3.63) is 18.3 Å². The predicted octanol–water partition coefficient (Wildman–Crippen LogP) is 1.87. The predicted molar refractivity (Wildman–Crippen MR) is 60.8 cm³/mol. The van der Waals surface area contributed by atoms with Crippen LogP contribution in [-0.4, -0.2) is 21.8 Å². The molecule has 0 aliphatic heterocycles. The Morgan fingerprint density at radius 2 is 2.27 bits per heavy atom. The molecule has 3 N–H and O–H groups in total. The van der Waals surface area contributed by atoms with Crippen molar-refractivity contribution >= 4 is 23.5 Å². The normalized spacial score (nSPS) is 11.3. The highest BCUT2D eigenvalue weighted by Gasteiger charge is 2.26. The SMILES string of the molecule is CC(C)(CSc1ccc(N)nc1)C(=O)O. The number of anilines is 1. The number of nitrogens with two attached hydrogens (primary N) is 1. The first-order valence-corrected chi connectivity index (χ1v) is 5.48. The van der Waals surface area contributed by atoms with Crippen LogP contribution in [0.2, 0.25) is 0 Å². The standard InChI is InChI=1S/C10H14N2O2S/c1-10(2,9(13)14)6-15-7-3-4-8(11)12-5-7/h3-5H,6H2,1-2H3,(H2,11,12)(H,13,14). The number of pyridine rings is 1. The van der Waals surface area contributed by atoms with Crippen LogP contribution in [-0.2, 0) is 4.79 Å². The summed E-state index contributed by atoms with van der Waals surface area (Å²) in [6.45, 7) is 3.40. The van der Waals surface area contributed by atoms with Gasteiger partial charge in [-0.25, -0.2) is 4.98 Å². The number of carboxylic acid groups (broad SMARTS) is 1. The molecule has 15 heavy (non-hydrogen) atoms. The van der Waals surface area contributed by atoms with Crippen molar-refractivity contribution in [3.8, 4) is 0 Å². The zero-order valence-electron chi connectivity index (χ0n) is 8.73. The fourth-order valence-electron chi connectivity index (χ4n) is 0.803. The Hall–Kier alpha value is -1.23. The van der Waals surface area contributed by atoms with Crippen molar-refractivity contribution in [3.63, 3.8) is 0 Å². The molecule has 0 unspecified atom stereocenters. The minimum Gasteiger partial charge on any atom is -0.481 e. The molecular formula is C10H14N2O2S. The summed E-state index contributed by atoms with van der Waals surface area (Å²) in [6, 6.07) is 3.54. The third-order valence-electron chi connectivity index (χ3n) is 1.94. The van der Waals surface area contributed by atoms with Crippen molar-refractivity contribution < 1.29 is 9.90 Å². The highest BCUT2D eigenvalue weighted by atomic mass is 32.2. The van der Waals surface area contributed by atoms with Crippen LogP contribution in [0.5, 0.6) is 0 Å². The van der Waals surface area contributed by atoms with E-state index < -0.39 is 11.4 Å². The van der Waals surface area contributed by atoms with E-state index in [1.165, 1.54) is 11.8 Å². The van der Waals surface area contributed by atoms with Gasteiger partial charge in [-0.2, -0.15) is 0 Å². The zero-order valence-corrected chi connectivity index (χ0v) is 9.54. The van der Waals surface area contributed by atoms with E-state index >= 15 is 0 Å². The van der Waals surface area contributed by atoms with Gasteiger partial charge in [-0.05, 0) is 26.0 Å². The van der Waals surface area contributed by atoms with Crippen molar-refractivity contribution in [2.24, 2.45) is 5.41 Å². The van der Waals surface area contributed by atoms with Gasteiger partial charge in [0.05, 0.1) is 5.41 Å². The number of hydrogen-bond donors (Lipinski definition) is 2. The molecule has 0 atom stereocenters. The first-order chi connectivity index (χ1) is 6.92. The van der Waals surface area contributed by atoms with Crippen LogP contribution in [0, 0.1) is 5.41 Å². The topological polar surface area (TPSA) is 76.2 Å². The molecule has 0 amide bonds. The summed E-state index contributed by atoms with van der Waals surface area (Å²) >= 11 is 1.47. The van der Waals surface area contributed by atoms with Crippen LogP contribution >= 0.6 is 11.8 Å². The molecule has 1 aromatic rings. The average molecular weight is 226 g/mol. The van der Waals surface area contributed by atoms with Gasteiger partial charge in [0.2, 0.25) is 0 Å². The molecule has 0 fully saturated rings. The van der Waals surface area contributed by atoms with Gasteiger partial charge in [0.25, 0.3) is 0 Å². The molecule has 1 rings (SSSR count). The Balaban J connectivity index is 2.57. The Labute approximate surface area is 92.9 Å². The largest absolute Gasteiger partial charge is 0.481 e. The highest BCUT2D eigenvalue weighted by Crippen LogP contribution is 2.27. The lowest BCUT2D eigenvalue weighted by Crippen LogP contribution is -2.26. The van der Waals surface area contributed by atoms with Gasteiger partial charge < -0.3 is 10.8 Å². The number of aromatic nitrogens is 1. The molecule has 1 aromatic heterocycles. The summed E-state index contributed by atoms with van der Waals surface area (Å²) in [4.78, 5) is 15.7. The number of nitrogens with zero attached hydrogens (tertiary/aromatic N) is 1. The maximum absolute atomic E-state index is 10.8. The molecular weight excluding hydrogens is 212 g/mol. The molecule has 0 bridgehead atoms. The number of carboxylic acids is 1. The lowest BCUT2D eigenvalue weighted by molar-refractivity contribution is -0.145. The quantitative estimate of drug-likeness (QED) is 0.766. The monoisotopic (exact) mass is 226 g/mol. The van der Waals surface area contributed by atoms with E-state index in [-0.39, 0.29) is 0 Å². The summed E-state index contributed by atoms with van der Waals surface area (Å²) in [5, 5.41) is 8.91. The second-order valence-corrected chi connectivity index (χ2v) is 4.95. The Morgan fingerprint density at radius 3 is 2.73 bits per heavy atom. The van der Waals surface area contributed by atoms with Crippen LogP contribution in [0.4, 0.5) is 5.82 Å². The van der Waals surface area contributed by atoms with Gasteiger partial charge in [0.15, 0.2) is 0 Å². The van der Waals surface area contributed by atoms with Crippen molar-refractivity contribution in [2.75, 3.05) is 11.5 Å². The van der Waals surface area contributed by atoms with Gasteiger partial charge in [0, 0.05) is 16.8 Å². The molecule has 5 heteroatoms. The van der Waals surface area contributed by atoms with Gasteiger partial charge in [0.1, 0.15) is 5.82 Å². The zero-order chi connectivity index (χ0) is 11.5. The maximum atomic E-state index is 10.8. The van der Waals surface area contributed by atoms with Crippen LogP contribution in [0.1, 0.15) is 13.8 Å². The molecule has 1 heterocycles. The van der Waals surface area contributed by atoms with E-state index in [4.69, 9.17) is 10.8 Å². The van der Waals surface area contributed by atoms with Crippen LogP contribution in [0.3, 0.4) is 0 Å². The van der Waals surface area contributed by atoms with E-state index in [0.29, 0.717) is 11.6 Å². The second kappa shape index (κ2) is 4.53. The van der Waals surface area contributed by atoms with Gasteiger partial charge >= 0.3 is 5.97 Å². The molecule has 0 saturated carbocycles. The Bertz CT molecular complexity index is 349. The van der Waals surface area contributed by atoms with Gasteiger partial charge in [-0.1, -0.05) is 0 Å².